The van der Waals surface area contributed by atoms with Gasteiger partial charge in [-0.1, -0.05) is 160 Å². The third-order valence-corrected chi connectivity index (χ3v) is 15.2. The van der Waals surface area contributed by atoms with E-state index in [1.807, 2.05) is 0 Å². The first-order chi connectivity index (χ1) is 28.4. The summed E-state index contributed by atoms with van der Waals surface area (Å²) >= 11 is -6.03. The van der Waals surface area contributed by atoms with E-state index in [-0.39, 0.29) is 0 Å². The summed E-state index contributed by atoms with van der Waals surface area (Å²) in [7, 11) is -5.08. The maximum atomic E-state index is 9.61. The normalized spacial score (nSPS) is 12.2. The minimum atomic E-state index is -6.03. The first kappa shape index (κ1) is 66.8. The van der Waals surface area contributed by atoms with Crippen molar-refractivity contribution in [1.82, 2.24) is 0 Å². The van der Waals surface area contributed by atoms with Crippen molar-refractivity contribution in [2.24, 2.45) is 0 Å². The molecule has 0 amide bonds. The summed E-state index contributed by atoms with van der Waals surface area (Å²) in [6.07, 6.45) is 33.2. The Kier molecular flexibility index (Phi) is 49.5. The maximum absolute atomic E-state index is 9.61. The van der Waals surface area contributed by atoms with E-state index in [1.54, 1.807) is 0 Å². The molecule has 0 aromatic heterocycles. The Hall–Kier alpha value is 0.238. The van der Waals surface area contributed by atoms with Crippen LogP contribution in [-0.4, -0.2) is 106 Å². The van der Waals surface area contributed by atoms with Crippen molar-refractivity contribution in [2.75, 3.05) is 78.5 Å². The number of phosphoric acid groups is 1. The summed E-state index contributed by atoms with van der Waals surface area (Å²) in [5, 5.41) is 0. The quantitative estimate of drug-likeness (QED) is 0.0320. The number of nitrogens with zero attached hydrogens (tertiary/aromatic N) is 3. The summed E-state index contributed by atoms with van der Waals surface area (Å²) in [6.45, 7) is 45.1. The summed E-state index contributed by atoms with van der Waals surface area (Å²) in [5.41, 5.74) is 0. The van der Waals surface area contributed by atoms with E-state index >= 15 is 0 Å². The zero-order valence-electron chi connectivity index (χ0n) is 42.6. The molecule has 3 N–H and O–H groups in total. The van der Waals surface area contributed by atoms with Crippen LogP contribution in [0.3, 0.4) is 0 Å². The van der Waals surface area contributed by atoms with E-state index in [0.717, 1.165) is 0 Å². The molecular weight excluding hydrogens is 857 g/mol. The molecule has 0 rings (SSSR count). The Balaban J connectivity index is -0.000000356. The number of rotatable bonds is 38. The van der Waals surface area contributed by atoms with E-state index < -0.39 is 24.6 Å². The second-order valence-corrected chi connectivity index (χ2v) is 22.3. The van der Waals surface area contributed by atoms with Gasteiger partial charge >= 0.3 is 52.7 Å². The van der Waals surface area contributed by atoms with Gasteiger partial charge in [0.2, 0.25) is 0 Å². The van der Waals surface area contributed by atoms with Gasteiger partial charge in [0.25, 0.3) is 0 Å². The van der Waals surface area contributed by atoms with Gasteiger partial charge in [0.05, 0.1) is 78.5 Å². The van der Waals surface area contributed by atoms with Crippen molar-refractivity contribution in [3.63, 3.8) is 0 Å². The fourth-order valence-electron chi connectivity index (χ4n) is 8.06. The molecule has 368 valence electrons. The summed E-state index contributed by atoms with van der Waals surface area (Å²) in [6, 6.07) is 0. The molecular formula is C48H111MoN3O7P+3. The van der Waals surface area contributed by atoms with Crippen LogP contribution in [-0.2, 0) is 31.3 Å². The second kappa shape index (κ2) is 44.4. The molecule has 0 unspecified atom stereocenters. The van der Waals surface area contributed by atoms with E-state index in [1.165, 1.54) is 246 Å². The van der Waals surface area contributed by atoms with Crippen molar-refractivity contribution in [3.8, 4) is 0 Å². The number of unbranched alkanes of at least 4 members (excludes halogenated alkanes) is 12. The molecule has 60 heavy (non-hydrogen) atoms. The molecule has 0 aromatic rings. The second-order valence-electron chi connectivity index (χ2n) is 17.9. The standard InChI is InChI=1S/3C16H36N.Mo.H3O4P.H2O.2O/c3*1-5-9-13-17(14-10-6-2,15-11-7-3)16-12-8-4;;1-5(2,3)4;;;/h3*5-16H2,1-4H3;;(H3,1,2,3,4);1H2;;/q3*+1;+2;;;;/p-2. The third-order valence-electron chi connectivity index (χ3n) is 12.0. The van der Waals surface area contributed by atoms with Crippen molar-refractivity contribution < 1.29 is 58.3 Å². The van der Waals surface area contributed by atoms with Gasteiger partial charge in [-0.3, -0.25) is 0 Å². The van der Waals surface area contributed by atoms with Gasteiger partial charge in [-0.2, -0.15) is 0 Å². The molecule has 0 aliphatic rings. The Labute approximate surface area is 380 Å². The van der Waals surface area contributed by atoms with Crippen LogP contribution >= 0.6 is 7.82 Å². The van der Waals surface area contributed by atoms with Gasteiger partial charge in [0, 0.05) is 0 Å². The van der Waals surface area contributed by atoms with Crippen LogP contribution < -0.4 is 0 Å². The number of hydrogen-bond acceptors (Lipinski definition) is 4. The number of hydrogen-bond donors (Lipinski definition) is 3. The molecule has 0 spiro atoms. The van der Waals surface area contributed by atoms with Gasteiger partial charge in [-0.25, -0.2) is 0 Å². The fraction of sp³-hybridized carbons (Fsp3) is 1.00. The zero-order valence-corrected chi connectivity index (χ0v) is 45.5. The van der Waals surface area contributed by atoms with E-state index in [2.05, 4.69) is 86.3 Å². The predicted molar refractivity (Wildman–Crippen MR) is 255 cm³/mol. The summed E-state index contributed by atoms with van der Waals surface area (Å²) in [5.74, 6) is 0. The molecule has 0 fully saturated rings. The topological polar surface area (TPSA) is 121 Å². The predicted octanol–water partition coefficient (Wildman–Crippen LogP) is 13.8. The van der Waals surface area contributed by atoms with Gasteiger partial charge < -0.3 is 13.4 Å². The molecule has 0 aliphatic heterocycles. The molecule has 0 bridgehead atoms. The Morgan fingerprint density at radius 2 is 0.450 bits per heavy atom. The molecule has 0 aliphatic carbocycles. The van der Waals surface area contributed by atoms with Crippen LogP contribution in [0.1, 0.15) is 237 Å². The van der Waals surface area contributed by atoms with Gasteiger partial charge in [0.15, 0.2) is 0 Å². The molecule has 10 nitrogen and oxygen atoms in total. The van der Waals surface area contributed by atoms with E-state index in [4.69, 9.17) is 13.5 Å². The summed E-state index contributed by atoms with van der Waals surface area (Å²) in [4.78, 5) is 15.5. The van der Waals surface area contributed by atoms with E-state index in [0.29, 0.717) is 0 Å². The molecule has 0 radical (unpaired) electrons. The average Bonchev–Trinajstić information content (AvgIpc) is 3.21. The molecule has 0 saturated carbocycles. The van der Waals surface area contributed by atoms with Gasteiger partial charge in [-0.05, 0) is 77.0 Å². The van der Waals surface area contributed by atoms with Crippen molar-refractivity contribution in [2.45, 2.75) is 237 Å². The first-order valence-electron chi connectivity index (χ1n) is 25.7. The molecule has 12 heteroatoms. The van der Waals surface area contributed by atoms with Crippen molar-refractivity contribution in [3.05, 3.63) is 0 Å². The fourth-order valence-corrected chi connectivity index (χ4v) is 10.1. The Morgan fingerprint density at radius 1 is 0.333 bits per heavy atom. The van der Waals surface area contributed by atoms with Crippen molar-refractivity contribution >= 4 is 7.82 Å². The van der Waals surface area contributed by atoms with Crippen LogP contribution in [0.4, 0.5) is 0 Å². The SMILES string of the molecule is CCCC[N+](CCCC)(CCCC)CCCC.CCCC[N+](CCCC)(CCCC)CCCC.CCCC[N+](CCCC)(CCCC)CCCC.O=P(O)(O)[O][Mo](=[O])(=[O])[OH]. The van der Waals surface area contributed by atoms with E-state index in [9.17, 15) is 11.4 Å². The van der Waals surface area contributed by atoms with Gasteiger partial charge in [-0.15, -0.1) is 0 Å². The zero-order chi connectivity index (χ0) is 46.7. The molecule has 0 aromatic carbocycles. The van der Waals surface area contributed by atoms with Crippen molar-refractivity contribution in [1.29, 1.82) is 0 Å². The monoisotopic (exact) mass is 971 g/mol. The van der Waals surface area contributed by atoms with Crippen LogP contribution in [0, 0.1) is 0 Å². The van der Waals surface area contributed by atoms with Crippen LogP contribution in [0.2, 0.25) is 0 Å². The Morgan fingerprint density at radius 3 is 0.500 bits per heavy atom. The average molecular weight is 969 g/mol. The molecule has 0 saturated heterocycles. The first-order valence-corrected chi connectivity index (χ1v) is 30.6. The number of quaternary nitrogens is 3. The molecule has 0 heterocycles. The summed E-state index contributed by atoms with van der Waals surface area (Å²) < 4.78 is 43.7. The minimum absolute atomic E-state index is 1.35. The van der Waals surface area contributed by atoms with Crippen LogP contribution in [0.5, 0.6) is 0 Å². The van der Waals surface area contributed by atoms with Crippen LogP contribution in [0.25, 0.3) is 0 Å². The van der Waals surface area contributed by atoms with Gasteiger partial charge in [0.1, 0.15) is 0 Å². The Bertz CT molecular complexity index is 831. The molecule has 0 atom stereocenters. The third kappa shape index (κ3) is 43.5. The van der Waals surface area contributed by atoms with Crippen LogP contribution in [0.15, 0.2) is 0 Å².